The molecule has 0 aromatic carbocycles. The maximum absolute atomic E-state index is 6.59. The summed E-state index contributed by atoms with van der Waals surface area (Å²) >= 11 is 0. The molecular weight excluding hydrogens is 158 g/mol. The van der Waals surface area contributed by atoms with Crippen molar-refractivity contribution in [2.45, 2.75) is 51.0 Å². The van der Waals surface area contributed by atoms with E-state index in [4.69, 9.17) is 5.73 Å². The van der Waals surface area contributed by atoms with Gasteiger partial charge in [-0.15, -0.1) is 0 Å². The monoisotopic (exact) mass is 179 g/mol. The molecule has 13 heavy (non-hydrogen) atoms. The summed E-state index contributed by atoms with van der Waals surface area (Å²) < 4.78 is 0. The first-order valence-electron chi connectivity index (χ1n) is 6.01. The van der Waals surface area contributed by atoms with Crippen LogP contribution in [-0.2, 0) is 0 Å². The number of hydrogen-bond acceptors (Lipinski definition) is 1. The van der Waals surface area contributed by atoms with Crippen LogP contribution < -0.4 is 5.73 Å². The maximum Gasteiger partial charge on any atom is 0.0209 e. The van der Waals surface area contributed by atoms with E-state index in [1.165, 1.54) is 38.5 Å². The van der Waals surface area contributed by atoms with Crippen molar-refractivity contribution >= 4 is 0 Å². The third-order valence-electron chi connectivity index (χ3n) is 5.27. The molecule has 4 rings (SSSR count). The molecule has 0 aromatic rings. The Hall–Kier alpha value is -0.0400. The molecule has 74 valence electrons. The van der Waals surface area contributed by atoms with Crippen molar-refractivity contribution < 1.29 is 0 Å². The molecule has 0 aromatic heterocycles. The van der Waals surface area contributed by atoms with Crippen molar-refractivity contribution in [3.05, 3.63) is 0 Å². The van der Waals surface area contributed by atoms with Crippen molar-refractivity contribution in [2.75, 3.05) is 0 Å². The lowest BCUT2D eigenvalue weighted by Gasteiger charge is -2.59. The first-order valence-corrected chi connectivity index (χ1v) is 6.01. The fraction of sp³-hybridized carbons (Fsp3) is 1.00. The second-order valence-corrected chi connectivity index (χ2v) is 5.77. The van der Waals surface area contributed by atoms with Gasteiger partial charge in [-0.25, -0.2) is 0 Å². The highest BCUT2D eigenvalue weighted by Gasteiger charge is 2.54. The van der Waals surface area contributed by atoms with Crippen molar-refractivity contribution in [3.8, 4) is 0 Å². The van der Waals surface area contributed by atoms with Gasteiger partial charge in [-0.05, 0) is 62.2 Å². The van der Waals surface area contributed by atoms with Gasteiger partial charge in [0.05, 0.1) is 0 Å². The van der Waals surface area contributed by atoms with Gasteiger partial charge < -0.3 is 5.73 Å². The average molecular weight is 179 g/mol. The Balaban J connectivity index is 1.93. The van der Waals surface area contributed by atoms with Crippen LogP contribution in [0.15, 0.2) is 0 Å². The highest BCUT2D eigenvalue weighted by atomic mass is 14.8. The molecule has 2 N–H and O–H groups in total. The molecule has 1 nitrogen and oxygen atoms in total. The van der Waals surface area contributed by atoms with E-state index >= 15 is 0 Å². The number of rotatable bonds is 1. The summed E-state index contributed by atoms with van der Waals surface area (Å²) in [5, 5.41) is 0. The molecule has 4 fully saturated rings. The quantitative estimate of drug-likeness (QED) is 0.657. The minimum atomic E-state index is 0.243. The molecule has 0 atom stereocenters. The van der Waals surface area contributed by atoms with Crippen molar-refractivity contribution in [1.29, 1.82) is 0 Å². The summed E-state index contributed by atoms with van der Waals surface area (Å²) in [5.74, 6) is 3.89. The average Bonchev–Trinajstić information content (AvgIpc) is 2.13. The number of nitrogens with two attached hydrogens (primary N) is 1. The summed E-state index contributed by atoms with van der Waals surface area (Å²) in [5.41, 5.74) is 6.83. The fourth-order valence-corrected chi connectivity index (χ4v) is 4.64. The predicted molar refractivity (Wildman–Crippen MR) is 54.3 cm³/mol. The molecule has 0 amide bonds. The highest BCUT2D eigenvalue weighted by molar-refractivity contribution is 5.08. The Kier molecular flexibility index (Phi) is 1.59. The van der Waals surface area contributed by atoms with Crippen molar-refractivity contribution in [3.63, 3.8) is 0 Å². The van der Waals surface area contributed by atoms with Crippen LogP contribution in [0.4, 0.5) is 0 Å². The van der Waals surface area contributed by atoms with Crippen LogP contribution in [0.2, 0.25) is 0 Å². The SMILES string of the molecule is CCC1(N)C2CC3CC(C2)CC1C3. The van der Waals surface area contributed by atoms with Crippen LogP contribution in [0.5, 0.6) is 0 Å². The van der Waals surface area contributed by atoms with E-state index in [-0.39, 0.29) is 5.54 Å². The van der Waals surface area contributed by atoms with Gasteiger partial charge in [-0.2, -0.15) is 0 Å². The summed E-state index contributed by atoms with van der Waals surface area (Å²) in [4.78, 5) is 0. The van der Waals surface area contributed by atoms with E-state index in [0.29, 0.717) is 0 Å². The molecular formula is C12H21N. The Labute approximate surface area is 81.1 Å². The van der Waals surface area contributed by atoms with Gasteiger partial charge in [0.1, 0.15) is 0 Å². The highest BCUT2D eigenvalue weighted by Crippen LogP contribution is 2.58. The van der Waals surface area contributed by atoms with Crippen LogP contribution in [0.1, 0.15) is 45.4 Å². The molecule has 4 saturated carbocycles. The number of hydrogen-bond donors (Lipinski definition) is 1. The first-order chi connectivity index (χ1) is 6.22. The Morgan fingerprint density at radius 3 is 1.85 bits per heavy atom. The second-order valence-electron chi connectivity index (χ2n) is 5.77. The predicted octanol–water partition coefficient (Wildman–Crippen LogP) is 2.55. The molecule has 0 radical (unpaired) electrons. The molecule has 4 aliphatic rings. The third-order valence-corrected chi connectivity index (χ3v) is 5.27. The van der Waals surface area contributed by atoms with E-state index in [1.807, 2.05) is 0 Å². The molecule has 0 heterocycles. The lowest BCUT2D eigenvalue weighted by molar-refractivity contribution is -0.0566. The zero-order valence-electron chi connectivity index (χ0n) is 8.63. The molecule has 0 spiro atoms. The normalized spacial score (nSPS) is 58.6. The van der Waals surface area contributed by atoms with Gasteiger partial charge >= 0.3 is 0 Å². The summed E-state index contributed by atoms with van der Waals surface area (Å²) in [7, 11) is 0. The molecule has 0 saturated heterocycles. The van der Waals surface area contributed by atoms with E-state index in [0.717, 1.165) is 23.7 Å². The van der Waals surface area contributed by atoms with Gasteiger partial charge in [0.2, 0.25) is 0 Å². The zero-order valence-corrected chi connectivity index (χ0v) is 8.63. The van der Waals surface area contributed by atoms with Crippen molar-refractivity contribution in [1.82, 2.24) is 0 Å². The molecule has 0 unspecified atom stereocenters. The van der Waals surface area contributed by atoms with Crippen LogP contribution in [0, 0.1) is 23.7 Å². The fourth-order valence-electron chi connectivity index (χ4n) is 4.64. The second kappa shape index (κ2) is 2.50. The largest absolute Gasteiger partial charge is 0.325 e. The van der Waals surface area contributed by atoms with Crippen LogP contribution >= 0.6 is 0 Å². The molecule has 4 bridgehead atoms. The Morgan fingerprint density at radius 2 is 1.46 bits per heavy atom. The van der Waals surface area contributed by atoms with Gasteiger partial charge in [0.25, 0.3) is 0 Å². The summed E-state index contributed by atoms with van der Waals surface area (Å²) in [6.45, 7) is 2.29. The minimum Gasteiger partial charge on any atom is -0.325 e. The third kappa shape index (κ3) is 0.971. The van der Waals surface area contributed by atoms with E-state index in [9.17, 15) is 0 Å². The summed E-state index contributed by atoms with van der Waals surface area (Å²) in [6.07, 6.45) is 8.57. The van der Waals surface area contributed by atoms with Gasteiger partial charge in [0, 0.05) is 5.54 Å². The standard InChI is InChI=1S/C12H21N/c1-2-12(13)10-4-8-3-9(6-10)7-11(12)5-8/h8-11H,2-7,13H2,1H3. The lowest BCUT2D eigenvalue weighted by Crippen LogP contribution is -2.62. The van der Waals surface area contributed by atoms with Crippen LogP contribution in [-0.4, -0.2) is 5.54 Å². The Morgan fingerprint density at radius 1 is 1.00 bits per heavy atom. The minimum absolute atomic E-state index is 0.243. The van der Waals surface area contributed by atoms with Crippen LogP contribution in [0.25, 0.3) is 0 Å². The van der Waals surface area contributed by atoms with E-state index in [2.05, 4.69) is 6.92 Å². The molecule has 1 heteroatoms. The molecule has 4 aliphatic carbocycles. The van der Waals surface area contributed by atoms with E-state index < -0.39 is 0 Å². The smallest absolute Gasteiger partial charge is 0.0209 e. The van der Waals surface area contributed by atoms with Crippen LogP contribution in [0.3, 0.4) is 0 Å². The molecule has 0 aliphatic heterocycles. The lowest BCUT2D eigenvalue weighted by atomic mass is 9.48. The summed E-state index contributed by atoms with van der Waals surface area (Å²) in [6, 6.07) is 0. The van der Waals surface area contributed by atoms with Gasteiger partial charge in [-0.1, -0.05) is 6.92 Å². The zero-order chi connectivity index (χ0) is 9.05. The first kappa shape index (κ1) is 8.28. The van der Waals surface area contributed by atoms with Gasteiger partial charge in [-0.3, -0.25) is 0 Å². The van der Waals surface area contributed by atoms with E-state index in [1.54, 1.807) is 0 Å². The van der Waals surface area contributed by atoms with Gasteiger partial charge in [0.15, 0.2) is 0 Å². The maximum atomic E-state index is 6.59. The Bertz CT molecular complexity index is 193. The topological polar surface area (TPSA) is 26.0 Å². The van der Waals surface area contributed by atoms with Crippen molar-refractivity contribution in [2.24, 2.45) is 29.4 Å².